The molecule has 1 aliphatic rings. The van der Waals surface area contributed by atoms with Crippen molar-refractivity contribution in [2.45, 2.75) is 81.2 Å². The first-order valence-corrected chi connectivity index (χ1v) is 16.9. The Morgan fingerprint density at radius 1 is 0.962 bits per heavy atom. The van der Waals surface area contributed by atoms with Gasteiger partial charge in [-0.15, -0.1) is 0 Å². The Bertz CT molecular complexity index is 1870. The van der Waals surface area contributed by atoms with Gasteiger partial charge < -0.3 is 29.7 Å². The summed E-state index contributed by atoms with van der Waals surface area (Å²) in [5.41, 5.74) is -0.617. The fourth-order valence-electron chi connectivity index (χ4n) is 6.90. The first-order chi connectivity index (χ1) is 24.8. The summed E-state index contributed by atoms with van der Waals surface area (Å²) in [6.45, 7) is 1.64. The second-order valence-corrected chi connectivity index (χ2v) is 12.7. The van der Waals surface area contributed by atoms with Crippen molar-refractivity contribution in [1.29, 1.82) is 0 Å². The van der Waals surface area contributed by atoms with Crippen LogP contribution in [0.15, 0.2) is 94.6 Å². The van der Waals surface area contributed by atoms with Crippen molar-refractivity contribution < 1.29 is 42.4 Å². The van der Waals surface area contributed by atoms with Crippen molar-refractivity contribution >= 4 is 5.91 Å². The smallest absolute Gasteiger partial charge is 0.471 e. The molecule has 1 amide bonds. The lowest BCUT2D eigenvalue weighted by molar-refractivity contribution is -0.174. The van der Waals surface area contributed by atoms with Gasteiger partial charge in [0.05, 0.1) is 25.7 Å². The van der Waals surface area contributed by atoms with Gasteiger partial charge in [-0.1, -0.05) is 61.5 Å². The Kier molecular flexibility index (Phi) is 11.9. The Balaban J connectivity index is 1.47. The van der Waals surface area contributed by atoms with Crippen molar-refractivity contribution in [1.82, 2.24) is 14.9 Å². The third kappa shape index (κ3) is 7.93. The minimum atomic E-state index is -5.01. The van der Waals surface area contributed by atoms with Gasteiger partial charge in [-0.2, -0.15) is 13.2 Å². The first kappa shape index (κ1) is 38.3. The number of aromatic amines is 1. The lowest BCUT2D eigenvalue weighted by Gasteiger charge is -2.43. The number of aromatic nitrogens is 2. The molecule has 278 valence electrons. The van der Waals surface area contributed by atoms with Crippen molar-refractivity contribution in [2.24, 2.45) is 0 Å². The first-order valence-electron chi connectivity index (χ1n) is 16.9. The quantitative estimate of drug-likeness (QED) is 0.140. The molecule has 5 atom stereocenters. The summed E-state index contributed by atoms with van der Waals surface area (Å²) in [7, 11) is 3.09. The van der Waals surface area contributed by atoms with Crippen molar-refractivity contribution in [3.05, 3.63) is 128 Å². The minimum absolute atomic E-state index is 0.0847. The zero-order valence-electron chi connectivity index (χ0n) is 28.9. The molecule has 3 aromatic carbocycles. The topological polar surface area (TPSA) is 152 Å². The number of hydrogen-bond donors (Lipinski definition) is 4. The molecule has 4 aromatic rings. The van der Waals surface area contributed by atoms with Gasteiger partial charge in [0.25, 0.3) is 5.56 Å². The Labute approximate surface area is 298 Å². The van der Waals surface area contributed by atoms with Gasteiger partial charge in [-0.3, -0.25) is 19.1 Å². The third-order valence-electron chi connectivity index (χ3n) is 9.65. The highest BCUT2D eigenvalue weighted by Crippen LogP contribution is 2.47. The summed E-state index contributed by atoms with van der Waals surface area (Å²) in [4.78, 5) is 39.5. The molecule has 1 aliphatic heterocycles. The largest absolute Gasteiger partial charge is 0.497 e. The molecule has 14 heteroatoms. The van der Waals surface area contributed by atoms with Gasteiger partial charge in [0.15, 0.2) is 0 Å². The van der Waals surface area contributed by atoms with E-state index in [1.165, 1.54) is 6.20 Å². The molecule has 11 nitrogen and oxygen atoms in total. The van der Waals surface area contributed by atoms with Gasteiger partial charge in [0.2, 0.25) is 0 Å². The van der Waals surface area contributed by atoms with Crippen molar-refractivity contribution in [3.8, 4) is 11.5 Å². The molecule has 0 bridgehead atoms. The van der Waals surface area contributed by atoms with Gasteiger partial charge >= 0.3 is 17.8 Å². The molecule has 1 saturated heterocycles. The van der Waals surface area contributed by atoms with E-state index in [0.29, 0.717) is 28.2 Å². The summed E-state index contributed by atoms with van der Waals surface area (Å²) in [5, 5.41) is 26.1. The molecular weight excluding hydrogens is 683 g/mol. The van der Waals surface area contributed by atoms with Crippen LogP contribution in [-0.2, 0) is 21.4 Å². The predicted octanol–water partition coefficient (Wildman–Crippen LogP) is 4.38. The number of carbonyl (C=O) groups excluding carboxylic acids is 1. The number of rotatable bonds is 14. The number of H-pyrrole nitrogens is 1. The molecule has 5 rings (SSSR count). The maximum absolute atomic E-state index is 13.1. The van der Waals surface area contributed by atoms with Gasteiger partial charge in [-0.05, 0) is 66.6 Å². The van der Waals surface area contributed by atoms with E-state index in [9.17, 15) is 37.8 Å². The van der Waals surface area contributed by atoms with E-state index in [1.807, 2.05) is 59.9 Å². The number of hydrogen-bond acceptors (Lipinski definition) is 8. The number of carbonyl (C=O) groups is 1. The summed E-state index contributed by atoms with van der Waals surface area (Å²) in [5.74, 6) is -0.844. The number of benzene rings is 3. The maximum Gasteiger partial charge on any atom is 0.471 e. The minimum Gasteiger partial charge on any atom is -0.497 e. The molecule has 2 heterocycles. The Morgan fingerprint density at radius 2 is 1.52 bits per heavy atom. The number of aryl methyl sites for hydroxylation is 1. The lowest BCUT2D eigenvalue weighted by Crippen LogP contribution is -2.51. The molecule has 1 aromatic heterocycles. The van der Waals surface area contributed by atoms with E-state index in [2.05, 4.69) is 4.98 Å². The predicted molar refractivity (Wildman–Crippen MR) is 185 cm³/mol. The zero-order chi connectivity index (χ0) is 37.6. The number of amides is 1. The van der Waals surface area contributed by atoms with Gasteiger partial charge in [0.1, 0.15) is 29.9 Å². The van der Waals surface area contributed by atoms with E-state index in [1.54, 1.807) is 45.4 Å². The average Bonchev–Trinajstić information content (AvgIpc) is 3.53. The number of nitrogens with one attached hydrogen (secondary N) is 2. The zero-order valence-corrected chi connectivity index (χ0v) is 28.9. The molecule has 0 saturated carbocycles. The summed E-state index contributed by atoms with van der Waals surface area (Å²) in [6.07, 6.45) is -8.12. The van der Waals surface area contributed by atoms with Crippen LogP contribution < -0.4 is 26.0 Å². The van der Waals surface area contributed by atoms with Crippen LogP contribution in [0.4, 0.5) is 13.2 Å². The number of ether oxygens (including phenoxy) is 3. The number of aliphatic hydroxyl groups excluding tert-OH is 2. The van der Waals surface area contributed by atoms with E-state index >= 15 is 0 Å². The number of nitrogens with zero attached hydrogens (tertiary/aromatic N) is 1. The normalized spacial score (nSPS) is 18.8. The number of aliphatic hydroxyl groups is 2. The van der Waals surface area contributed by atoms with E-state index in [-0.39, 0.29) is 37.7 Å². The summed E-state index contributed by atoms with van der Waals surface area (Å²) in [6, 6.07) is 22.9. The van der Waals surface area contributed by atoms with Crippen LogP contribution in [0.1, 0.15) is 61.1 Å². The van der Waals surface area contributed by atoms with Crippen LogP contribution in [-0.4, -0.2) is 70.4 Å². The van der Waals surface area contributed by atoms with Crippen LogP contribution in [0.2, 0.25) is 0 Å². The number of methoxy groups -OCH3 is 2. The number of alkyl halides is 3. The molecule has 52 heavy (non-hydrogen) atoms. The van der Waals surface area contributed by atoms with E-state index < -0.39 is 59.3 Å². The fourth-order valence-corrected chi connectivity index (χ4v) is 6.90. The monoisotopic (exact) mass is 725 g/mol. The molecule has 0 aliphatic carbocycles. The highest BCUT2D eigenvalue weighted by atomic mass is 19.4. The summed E-state index contributed by atoms with van der Waals surface area (Å²) < 4.78 is 56.5. The molecule has 1 fully saturated rings. The highest BCUT2D eigenvalue weighted by molar-refractivity contribution is 5.81. The lowest BCUT2D eigenvalue weighted by atomic mass is 9.64. The SMILES string of the molecule is CCC(CCCc1cn([C@H]2C[C@H](O)[C@@H](C(O)C(c3ccccc3)(c3ccc(OC)cc3)c3ccc(OC)cc3)O2)c(=O)[nH]c1=O)NC(=O)C(F)(F)F. The van der Waals surface area contributed by atoms with Crippen molar-refractivity contribution in [3.63, 3.8) is 0 Å². The Hall–Kier alpha value is -4.92. The fraction of sp³-hybridized carbons (Fsp3) is 0.395. The van der Waals surface area contributed by atoms with Gasteiger partial charge in [0, 0.05) is 24.2 Å². The highest BCUT2D eigenvalue weighted by Gasteiger charge is 2.52. The maximum atomic E-state index is 13.1. The molecule has 4 N–H and O–H groups in total. The number of halogens is 3. The molecule has 2 unspecified atom stereocenters. The van der Waals surface area contributed by atoms with E-state index in [0.717, 1.165) is 4.57 Å². The summed E-state index contributed by atoms with van der Waals surface area (Å²) >= 11 is 0. The van der Waals surface area contributed by atoms with E-state index in [4.69, 9.17) is 14.2 Å². The Morgan fingerprint density at radius 3 is 2.04 bits per heavy atom. The van der Waals surface area contributed by atoms with Crippen LogP contribution in [0.25, 0.3) is 0 Å². The molecular formula is C38H42F3N3O8. The standard InChI is InChI=1S/C38H42F3N3O8/c1-4-27(42-35(48)38(39,40)41)12-8-9-23-22-44(36(49)43-34(23)47)31-21-30(45)32(52-31)33(46)37(24-10-6-5-7-11-24,25-13-17-28(50-2)18-14-25)26-15-19-29(51-3)20-16-26/h5-7,10-11,13-20,22,27,30-33,45-46H,4,8-9,12,21H2,1-3H3,(H,42,48)(H,43,47,49)/t27?,30-,31+,32-,33?/m0/s1. The van der Waals surface area contributed by atoms with Crippen LogP contribution in [0.5, 0.6) is 11.5 Å². The third-order valence-corrected chi connectivity index (χ3v) is 9.65. The molecule has 0 radical (unpaired) electrons. The second kappa shape index (κ2) is 16.2. The second-order valence-electron chi connectivity index (χ2n) is 12.7. The van der Waals surface area contributed by atoms with Crippen LogP contribution in [0, 0.1) is 0 Å². The van der Waals surface area contributed by atoms with Crippen molar-refractivity contribution in [2.75, 3.05) is 14.2 Å². The van der Waals surface area contributed by atoms with Gasteiger partial charge in [-0.25, -0.2) is 4.79 Å². The molecule has 0 spiro atoms. The van der Waals surface area contributed by atoms with Crippen LogP contribution in [0.3, 0.4) is 0 Å². The van der Waals surface area contributed by atoms with Crippen LogP contribution >= 0.6 is 0 Å². The average molecular weight is 726 g/mol.